The van der Waals surface area contributed by atoms with Crippen molar-refractivity contribution in [3.8, 4) is 17.2 Å². The van der Waals surface area contributed by atoms with Gasteiger partial charge in [-0.15, -0.1) is 0 Å². The summed E-state index contributed by atoms with van der Waals surface area (Å²) in [6, 6.07) is 14.4. The summed E-state index contributed by atoms with van der Waals surface area (Å²) in [7, 11) is 4.47. The highest BCUT2D eigenvalue weighted by Gasteiger charge is 2.32. The van der Waals surface area contributed by atoms with Crippen molar-refractivity contribution >= 4 is 11.8 Å². The number of benzene rings is 3. The van der Waals surface area contributed by atoms with Crippen LogP contribution in [0.5, 0.6) is 17.2 Å². The molecule has 1 heterocycles. The number of unbranched alkanes of at least 4 members (excludes halogenated alkanes) is 1. The van der Waals surface area contributed by atoms with Crippen LogP contribution in [0.3, 0.4) is 0 Å². The zero-order valence-corrected chi connectivity index (χ0v) is 24.1. The number of ether oxygens (including phenoxy) is 3. The fraction of sp³-hybridized carbons (Fsp3) is 0.375. The lowest BCUT2D eigenvalue weighted by atomic mass is 9.82. The third kappa shape index (κ3) is 6.82. The van der Waals surface area contributed by atoms with Crippen molar-refractivity contribution in [1.29, 1.82) is 0 Å². The third-order valence-corrected chi connectivity index (χ3v) is 7.65. The lowest BCUT2D eigenvalue weighted by Gasteiger charge is -2.35. The van der Waals surface area contributed by atoms with Crippen LogP contribution in [0.2, 0.25) is 0 Å². The van der Waals surface area contributed by atoms with Crippen LogP contribution < -0.4 is 14.2 Å². The van der Waals surface area contributed by atoms with E-state index < -0.39 is 17.2 Å². The van der Waals surface area contributed by atoms with E-state index >= 15 is 0 Å². The van der Waals surface area contributed by atoms with Gasteiger partial charge in [-0.05, 0) is 66.8 Å². The van der Waals surface area contributed by atoms with Crippen LogP contribution in [-0.4, -0.2) is 74.2 Å². The number of amides is 2. The van der Waals surface area contributed by atoms with E-state index in [9.17, 15) is 23.5 Å². The molecule has 0 radical (unpaired) electrons. The average molecular weight is 583 g/mol. The molecule has 0 bridgehead atoms. The van der Waals surface area contributed by atoms with E-state index in [-0.39, 0.29) is 24.7 Å². The SMILES string of the molecule is COc1cc(C(=O)N2CCN(C(=O)CCCCC(O)(c3ccc(F)cc3)c3ccc(F)cc3)CC2)cc(OC)c1OC. The average Bonchev–Trinajstić information content (AvgIpc) is 3.02. The Balaban J connectivity index is 1.32. The van der Waals surface area contributed by atoms with E-state index in [1.165, 1.54) is 69.9 Å². The van der Waals surface area contributed by atoms with Gasteiger partial charge in [-0.2, -0.15) is 0 Å². The van der Waals surface area contributed by atoms with Crippen molar-refractivity contribution in [2.24, 2.45) is 0 Å². The third-order valence-electron chi connectivity index (χ3n) is 7.65. The van der Waals surface area contributed by atoms with Crippen LogP contribution in [0.25, 0.3) is 0 Å². The van der Waals surface area contributed by atoms with Crippen LogP contribution in [0.1, 0.15) is 47.2 Å². The molecule has 1 N–H and O–H groups in total. The van der Waals surface area contributed by atoms with Crippen LogP contribution in [0, 0.1) is 11.6 Å². The minimum Gasteiger partial charge on any atom is -0.493 e. The van der Waals surface area contributed by atoms with Crippen molar-refractivity contribution in [2.75, 3.05) is 47.5 Å². The number of methoxy groups -OCH3 is 3. The minimum absolute atomic E-state index is 0.0259. The molecule has 0 unspecified atom stereocenters. The summed E-state index contributed by atoms with van der Waals surface area (Å²) in [6.45, 7) is 1.58. The summed E-state index contributed by atoms with van der Waals surface area (Å²) in [4.78, 5) is 29.6. The van der Waals surface area contributed by atoms with E-state index in [4.69, 9.17) is 14.2 Å². The summed E-state index contributed by atoms with van der Waals surface area (Å²) >= 11 is 0. The number of rotatable bonds is 11. The lowest BCUT2D eigenvalue weighted by molar-refractivity contribution is -0.132. The van der Waals surface area contributed by atoms with Crippen molar-refractivity contribution in [3.63, 3.8) is 0 Å². The normalized spacial score (nSPS) is 13.6. The Morgan fingerprint density at radius 1 is 0.762 bits per heavy atom. The van der Waals surface area contributed by atoms with Crippen molar-refractivity contribution < 1.29 is 37.7 Å². The van der Waals surface area contributed by atoms with Gasteiger partial charge in [0, 0.05) is 38.2 Å². The first-order valence-electron chi connectivity index (χ1n) is 13.8. The molecular weight excluding hydrogens is 546 g/mol. The predicted octanol–water partition coefficient (Wildman–Crippen LogP) is 4.77. The molecule has 224 valence electrons. The maximum Gasteiger partial charge on any atom is 0.254 e. The Bertz CT molecular complexity index is 1300. The smallest absolute Gasteiger partial charge is 0.254 e. The molecule has 3 aromatic rings. The van der Waals surface area contributed by atoms with Crippen LogP contribution in [0.15, 0.2) is 60.7 Å². The molecule has 4 rings (SSSR count). The topological polar surface area (TPSA) is 88.5 Å². The maximum atomic E-state index is 13.5. The summed E-state index contributed by atoms with van der Waals surface area (Å²) in [5, 5.41) is 11.6. The van der Waals surface area contributed by atoms with Gasteiger partial charge in [-0.25, -0.2) is 8.78 Å². The van der Waals surface area contributed by atoms with Gasteiger partial charge in [-0.3, -0.25) is 9.59 Å². The van der Waals surface area contributed by atoms with Crippen molar-refractivity contribution in [3.05, 3.63) is 89.0 Å². The number of carbonyl (C=O) groups is 2. The highest BCUT2D eigenvalue weighted by molar-refractivity contribution is 5.96. The van der Waals surface area contributed by atoms with Gasteiger partial charge in [-0.1, -0.05) is 24.3 Å². The van der Waals surface area contributed by atoms with Gasteiger partial charge in [0.2, 0.25) is 11.7 Å². The largest absolute Gasteiger partial charge is 0.493 e. The molecular formula is C32H36F2N2O6. The molecule has 42 heavy (non-hydrogen) atoms. The molecule has 0 saturated carbocycles. The first kappa shape index (κ1) is 30.8. The quantitative estimate of drug-likeness (QED) is 0.328. The molecule has 1 saturated heterocycles. The Morgan fingerprint density at radius 3 is 1.69 bits per heavy atom. The van der Waals surface area contributed by atoms with E-state index in [0.717, 1.165) is 0 Å². The summed E-state index contributed by atoms with van der Waals surface area (Å²) in [5.74, 6) is 0.122. The standard InChI is InChI=1S/C32H36F2N2O6/c1-40-27-20-22(21-28(41-2)30(27)42-3)31(38)36-18-16-35(17-19-36)29(37)6-4-5-15-32(39,23-7-11-25(33)12-8-23)24-9-13-26(34)14-10-24/h7-14,20-21,39H,4-6,15-19H2,1-3H3. The number of carbonyl (C=O) groups excluding carboxylic acids is 2. The first-order chi connectivity index (χ1) is 20.2. The molecule has 0 atom stereocenters. The number of hydrogen-bond acceptors (Lipinski definition) is 6. The molecule has 1 aliphatic rings. The van der Waals surface area contributed by atoms with Crippen LogP contribution in [0.4, 0.5) is 8.78 Å². The van der Waals surface area contributed by atoms with Crippen LogP contribution in [-0.2, 0) is 10.4 Å². The van der Waals surface area contributed by atoms with Crippen LogP contribution >= 0.6 is 0 Å². The Morgan fingerprint density at radius 2 is 1.24 bits per heavy atom. The molecule has 1 aliphatic heterocycles. The first-order valence-corrected chi connectivity index (χ1v) is 13.8. The molecule has 0 spiro atoms. The zero-order valence-electron chi connectivity index (χ0n) is 24.1. The van der Waals surface area contributed by atoms with E-state index in [0.29, 0.717) is 73.0 Å². The monoisotopic (exact) mass is 582 g/mol. The Kier molecular flexibility index (Phi) is 10.0. The van der Waals surface area contributed by atoms with Crippen molar-refractivity contribution in [2.45, 2.75) is 31.3 Å². The molecule has 0 aromatic heterocycles. The second-order valence-electron chi connectivity index (χ2n) is 10.2. The second kappa shape index (κ2) is 13.7. The zero-order chi connectivity index (χ0) is 30.3. The lowest BCUT2D eigenvalue weighted by Crippen LogP contribution is -2.50. The number of halogens is 2. The molecule has 10 heteroatoms. The van der Waals surface area contributed by atoms with Gasteiger partial charge in [0.25, 0.3) is 5.91 Å². The highest BCUT2D eigenvalue weighted by atomic mass is 19.1. The Labute approximate surface area is 244 Å². The predicted molar refractivity (Wildman–Crippen MR) is 153 cm³/mol. The summed E-state index contributed by atoms with van der Waals surface area (Å²) in [6.07, 6.45) is 1.59. The van der Waals surface area contributed by atoms with E-state index in [2.05, 4.69) is 0 Å². The molecule has 0 aliphatic carbocycles. The van der Waals surface area contributed by atoms with E-state index in [1.54, 1.807) is 21.9 Å². The minimum atomic E-state index is -1.46. The highest BCUT2D eigenvalue weighted by Crippen LogP contribution is 2.39. The number of aliphatic hydroxyl groups is 1. The maximum absolute atomic E-state index is 13.5. The van der Waals surface area contributed by atoms with E-state index in [1.807, 2.05) is 0 Å². The molecule has 3 aromatic carbocycles. The fourth-order valence-corrected chi connectivity index (χ4v) is 5.27. The van der Waals surface area contributed by atoms with Gasteiger partial charge >= 0.3 is 0 Å². The number of nitrogens with zero attached hydrogens (tertiary/aromatic N) is 2. The fourth-order valence-electron chi connectivity index (χ4n) is 5.27. The van der Waals surface area contributed by atoms with Gasteiger partial charge in [0.1, 0.15) is 17.2 Å². The molecule has 2 amide bonds. The Hall–Kier alpha value is -4.18. The van der Waals surface area contributed by atoms with Crippen molar-refractivity contribution in [1.82, 2.24) is 9.80 Å². The molecule has 1 fully saturated rings. The number of hydrogen-bond donors (Lipinski definition) is 1. The summed E-state index contributed by atoms with van der Waals surface area (Å²) < 4.78 is 43.1. The summed E-state index contributed by atoms with van der Waals surface area (Å²) in [5.41, 5.74) is -0.0630. The second-order valence-corrected chi connectivity index (χ2v) is 10.2. The molecule has 8 nitrogen and oxygen atoms in total. The van der Waals surface area contributed by atoms with Gasteiger partial charge in [0.15, 0.2) is 11.5 Å². The van der Waals surface area contributed by atoms with Gasteiger partial charge < -0.3 is 29.1 Å². The number of piperazine rings is 1. The van der Waals surface area contributed by atoms with Gasteiger partial charge in [0.05, 0.1) is 21.3 Å².